The molecule has 1 aromatic rings. The average Bonchev–Trinajstić information content (AvgIpc) is 2.55. The molecule has 2 nitrogen and oxygen atoms in total. The number of rotatable bonds is 4. The molecular formula is C21H30O2. The summed E-state index contributed by atoms with van der Waals surface area (Å²) in [4.78, 5) is 12.8. The third-order valence-corrected chi connectivity index (χ3v) is 6.83. The lowest BCUT2D eigenvalue weighted by atomic mass is 9.49. The number of aryl methyl sites for hydroxylation is 1. The van der Waals surface area contributed by atoms with Gasteiger partial charge in [0.25, 0.3) is 0 Å². The first-order valence-corrected chi connectivity index (χ1v) is 9.22. The second kappa shape index (κ2) is 6.39. The van der Waals surface area contributed by atoms with E-state index in [9.17, 15) is 9.90 Å². The van der Waals surface area contributed by atoms with Crippen LogP contribution < -0.4 is 0 Å². The zero-order valence-corrected chi connectivity index (χ0v) is 14.6. The fourth-order valence-electron chi connectivity index (χ4n) is 5.28. The van der Waals surface area contributed by atoms with Gasteiger partial charge in [-0.05, 0) is 55.4 Å². The van der Waals surface area contributed by atoms with E-state index in [0.717, 1.165) is 44.9 Å². The SMILES string of the molecule is CC1(CCCc2ccccc2)C(=O)CC[C@@]2(C)C1CCC[C@@H]2O. The standard InChI is InChI=1S/C21H30O2/c1-20(14-7-10-16-8-4-3-5-9-16)17-11-6-12-18(22)21(17,2)15-13-19(20)23/h3-5,8-9,17-18,22H,6-7,10-15H2,1-2H3/t17?,18-,20?,21-/m0/s1. The Bertz CT molecular complexity index is 552. The Labute approximate surface area is 140 Å². The number of aliphatic hydroxyl groups excluding tert-OH is 1. The van der Waals surface area contributed by atoms with Crippen LogP contribution in [0, 0.1) is 16.7 Å². The Morgan fingerprint density at radius 3 is 2.65 bits per heavy atom. The third kappa shape index (κ3) is 2.98. The molecule has 0 spiro atoms. The molecule has 2 unspecified atom stereocenters. The molecule has 0 aromatic heterocycles. The second-order valence-electron chi connectivity index (χ2n) is 8.18. The summed E-state index contributed by atoms with van der Waals surface area (Å²) >= 11 is 0. The van der Waals surface area contributed by atoms with Crippen LogP contribution >= 0.6 is 0 Å². The first-order chi connectivity index (χ1) is 11.0. The highest BCUT2D eigenvalue weighted by Crippen LogP contribution is 2.58. The molecule has 0 heterocycles. The summed E-state index contributed by atoms with van der Waals surface area (Å²) in [6, 6.07) is 10.5. The monoisotopic (exact) mass is 314 g/mol. The van der Waals surface area contributed by atoms with E-state index in [0.29, 0.717) is 18.1 Å². The fourth-order valence-corrected chi connectivity index (χ4v) is 5.28. The minimum absolute atomic E-state index is 0.0618. The molecule has 2 heteroatoms. The summed E-state index contributed by atoms with van der Waals surface area (Å²) in [6.45, 7) is 4.41. The quantitative estimate of drug-likeness (QED) is 0.885. The van der Waals surface area contributed by atoms with Gasteiger partial charge in [-0.1, -0.05) is 50.6 Å². The van der Waals surface area contributed by atoms with Crippen molar-refractivity contribution in [1.82, 2.24) is 0 Å². The predicted molar refractivity (Wildman–Crippen MR) is 93.2 cm³/mol. The van der Waals surface area contributed by atoms with Crippen molar-refractivity contribution in [3.63, 3.8) is 0 Å². The van der Waals surface area contributed by atoms with E-state index >= 15 is 0 Å². The molecule has 126 valence electrons. The molecule has 0 aliphatic heterocycles. The van der Waals surface area contributed by atoms with Crippen LogP contribution in [0.15, 0.2) is 30.3 Å². The van der Waals surface area contributed by atoms with Crippen LogP contribution in [0.25, 0.3) is 0 Å². The van der Waals surface area contributed by atoms with Crippen molar-refractivity contribution in [3.05, 3.63) is 35.9 Å². The molecule has 4 atom stereocenters. The first kappa shape index (κ1) is 16.7. The number of ketones is 1. The summed E-state index contributed by atoms with van der Waals surface area (Å²) in [5.74, 6) is 0.776. The average molecular weight is 314 g/mol. The van der Waals surface area contributed by atoms with Crippen molar-refractivity contribution in [2.75, 3.05) is 0 Å². The largest absolute Gasteiger partial charge is 0.393 e. The molecule has 2 fully saturated rings. The smallest absolute Gasteiger partial charge is 0.139 e. The number of hydrogen-bond acceptors (Lipinski definition) is 2. The van der Waals surface area contributed by atoms with Crippen LogP contribution in [-0.4, -0.2) is 17.0 Å². The molecule has 1 N–H and O–H groups in total. The van der Waals surface area contributed by atoms with E-state index in [-0.39, 0.29) is 16.9 Å². The van der Waals surface area contributed by atoms with Gasteiger partial charge in [-0.25, -0.2) is 0 Å². The van der Waals surface area contributed by atoms with Crippen molar-refractivity contribution in [2.24, 2.45) is 16.7 Å². The van der Waals surface area contributed by atoms with Crippen LogP contribution in [-0.2, 0) is 11.2 Å². The molecule has 2 aliphatic rings. The van der Waals surface area contributed by atoms with Crippen molar-refractivity contribution in [2.45, 2.75) is 71.3 Å². The zero-order valence-electron chi connectivity index (χ0n) is 14.6. The third-order valence-electron chi connectivity index (χ3n) is 6.83. The minimum atomic E-state index is -0.247. The van der Waals surface area contributed by atoms with Crippen LogP contribution in [0.4, 0.5) is 0 Å². The number of carbonyl (C=O) groups is 1. The molecule has 0 radical (unpaired) electrons. The zero-order chi connectivity index (χ0) is 16.5. The highest BCUT2D eigenvalue weighted by molar-refractivity contribution is 5.86. The molecule has 23 heavy (non-hydrogen) atoms. The Morgan fingerprint density at radius 1 is 1.17 bits per heavy atom. The lowest BCUT2D eigenvalue weighted by Gasteiger charge is -2.56. The van der Waals surface area contributed by atoms with Crippen LogP contribution in [0.2, 0.25) is 0 Å². The van der Waals surface area contributed by atoms with Crippen LogP contribution in [0.5, 0.6) is 0 Å². The number of fused-ring (bicyclic) bond motifs is 1. The molecule has 3 rings (SSSR count). The highest BCUT2D eigenvalue weighted by atomic mass is 16.3. The minimum Gasteiger partial charge on any atom is -0.393 e. The van der Waals surface area contributed by atoms with E-state index in [2.05, 4.69) is 38.1 Å². The normalized spacial score (nSPS) is 37.4. The van der Waals surface area contributed by atoms with Gasteiger partial charge in [0, 0.05) is 11.8 Å². The number of aliphatic hydroxyl groups is 1. The van der Waals surface area contributed by atoms with Gasteiger partial charge >= 0.3 is 0 Å². The van der Waals surface area contributed by atoms with Gasteiger partial charge in [0.2, 0.25) is 0 Å². The maximum Gasteiger partial charge on any atom is 0.139 e. The van der Waals surface area contributed by atoms with E-state index in [1.807, 2.05) is 6.07 Å². The molecule has 0 saturated heterocycles. The van der Waals surface area contributed by atoms with Gasteiger partial charge in [-0.3, -0.25) is 4.79 Å². The van der Waals surface area contributed by atoms with Gasteiger partial charge in [0.1, 0.15) is 5.78 Å². The van der Waals surface area contributed by atoms with Gasteiger partial charge < -0.3 is 5.11 Å². The topological polar surface area (TPSA) is 37.3 Å². The number of Topliss-reactive ketones (excluding diaryl/α,β-unsaturated/α-hetero) is 1. The van der Waals surface area contributed by atoms with Crippen molar-refractivity contribution >= 4 is 5.78 Å². The summed E-state index contributed by atoms with van der Waals surface area (Å²) < 4.78 is 0. The molecular weight excluding hydrogens is 284 g/mol. The number of benzene rings is 1. The lowest BCUT2D eigenvalue weighted by Crippen LogP contribution is -2.55. The van der Waals surface area contributed by atoms with Gasteiger partial charge in [-0.2, -0.15) is 0 Å². The summed E-state index contributed by atoms with van der Waals surface area (Å²) in [5.41, 5.74) is 1.04. The molecule has 0 amide bonds. The molecule has 2 aliphatic carbocycles. The molecule has 1 aromatic carbocycles. The Hall–Kier alpha value is -1.15. The Balaban J connectivity index is 1.73. The van der Waals surface area contributed by atoms with Crippen molar-refractivity contribution in [1.29, 1.82) is 0 Å². The maximum atomic E-state index is 12.8. The highest BCUT2D eigenvalue weighted by Gasteiger charge is 2.56. The lowest BCUT2D eigenvalue weighted by molar-refractivity contribution is -0.158. The van der Waals surface area contributed by atoms with Crippen molar-refractivity contribution in [3.8, 4) is 0 Å². The summed E-state index contributed by atoms with van der Waals surface area (Å²) in [7, 11) is 0. The first-order valence-electron chi connectivity index (χ1n) is 9.22. The van der Waals surface area contributed by atoms with E-state index < -0.39 is 0 Å². The summed E-state index contributed by atoms with van der Waals surface area (Å²) in [5, 5.41) is 10.6. The Morgan fingerprint density at radius 2 is 1.91 bits per heavy atom. The maximum absolute atomic E-state index is 12.8. The Kier molecular flexibility index (Phi) is 4.64. The van der Waals surface area contributed by atoms with Crippen LogP contribution in [0.1, 0.15) is 64.4 Å². The van der Waals surface area contributed by atoms with E-state index in [4.69, 9.17) is 0 Å². The van der Waals surface area contributed by atoms with E-state index in [1.54, 1.807) is 0 Å². The van der Waals surface area contributed by atoms with Gasteiger partial charge in [0.05, 0.1) is 6.10 Å². The fraction of sp³-hybridized carbons (Fsp3) is 0.667. The molecule has 2 saturated carbocycles. The summed E-state index contributed by atoms with van der Waals surface area (Å²) in [6.07, 6.45) is 7.38. The van der Waals surface area contributed by atoms with Crippen molar-refractivity contribution < 1.29 is 9.90 Å². The van der Waals surface area contributed by atoms with Gasteiger partial charge in [0.15, 0.2) is 0 Å². The second-order valence-corrected chi connectivity index (χ2v) is 8.18. The molecule has 0 bridgehead atoms. The number of hydrogen-bond donors (Lipinski definition) is 1. The van der Waals surface area contributed by atoms with Crippen LogP contribution in [0.3, 0.4) is 0 Å². The van der Waals surface area contributed by atoms with Gasteiger partial charge in [-0.15, -0.1) is 0 Å². The predicted octanol–water partition coefficient (Wildman–Crippen LogP) is 4.55. The number of carbonyl (C=O) groups excluding carboxylic acids is 1. The van der Waals surface area contributed by atoms with E-state index in [1.165, 1.54) is 5.56 Å².